The molecule has 0 atom stereocenters. The van der Waals surface area contributed by atoms with Crippen LogP contribution in [0.3, 0.4) is 0 Å². The molecule has 0 radical (unpaired) electrons. The van der Waals surface area contributed by atoms with Crippen molar-refractivity contribution in [2.75, 3.05) is 0 Å². The lowest BCUT2D eigenvalue weighted by Crippen LogP contribution is -2.40. The SMILES string of the molecule is CCCCCCCC[Si](C#Cc1c2ccccc2c(C#C[Si](CCCCCCCC)(C(C)C)C(C)C)c2cc3ccccc3cc12)(C(C)C)C(C)C. The fourth-order valence-electron chi connectivity index (χ4n) is 9.08. The molecule has 0 aliphatic carbocycles. The van der Waals surface area contributed by atoms with Crippen molar-refractivity contribution in [1.29, 1.82) is 0 Å². The molecule has 0 saturated heterocycles. The molecule has 4 rings (SSSR count). The molecule has 0 N–H and O–H groups in total. The lowest BCUT2D eigenvalue weighted by molar-refractivity contribution is 0.620. The maximum absolute atomic E-state index is 4.19. The molecule has 52 heavy (non-hydrogen) atoms. The van der Waals surface area contributed by atoms with Gasteiger partial charge in [0.2, 0.25) is 0 Å². The topological polar surface area (TPSA) is 0 Å². The van der Waals surface area contributed by atoms with E-state index >= 15 is 0 Å². The van der Waals surface area contributed by atoms with Gasteiger partial charge >= 0.3 is 0 Å². The largest absolute Gasteiger partial charge is 0.143 e. The molecule has 4 aromatic carbocycles. The summed E-state index contributed by atoms with van der Waals surface area (Å²) in [4.78, 5) is 0. The van der Waals surface area contributed by atoms with Gasteiger partial charge in [-0.25, -0.2) is 0 Å². The van der Waals surface area contributed by atoms with Gasteiger partial charge in [0.25, 0.3) is 0 Å². The summed E-state index contributed by atoms with van der Waals surface area (Å²) in [6, 6.07) is 25.4. The van der Waals surface area contributed by atoms with Gasteiger partial charge < -0.3 is 0 Å². The Bertz CT molecular complexity index is 1700. The van der Waals surface area contributed by atoms with Crippen molar-refractivity contribution < 1.29 is 0 Å². The molecule has 0 saturated carbocycles. The second-order valence-electron chi connectivity index (χ2n) is 17.3. The Labute approximate surface area is 322 Å². The van der Waals surface area contributed by atoms with E-state index in [2.05, 4.69) is 153 Å². The number of rotatable bonds is 18. The first-order valence-corrected chi connectivity index (χ1v) is 26.2. The van der Waals surface area contributed by atoms with Gasteiger partial charge in [0, 0.05) is 11.1 Å². The molecule has 4 aromatic rings. The highest BCUT2D eigenvalue weighted by molar-refractivity contribution is 6.90. The first-order valence-electron chi connectivity index (χ1n) is 21.5. The molecule has 0 fully saturated rings. The van der Waals surface area contributed by atoms with Crippen molar-refractivity contribution in [3.05, 3.63) is 71.8 Å². The van der Waals surface area contributed by atoms with Crippen LogP contribution in [0.15, 0.2) is 60.7 Å². The third-order valence-electron chi connectivity index (χ3n) is 12.7. The zero-order chi connectivity index (χ0) is 37.7. The fraction of sp³-hybridized carbons (Fsp3) is 0.560. The van der Waals surface area contributed by atoms with Crippen LogP contribution in [0.1, 0.15) is 157 Å². The lowest BCUT2D eigenvalue weighted by atomic mass is 9.90. The molecule has 0 nitrogen and oxygen atoms in total. The number of fused-ring (bicyclic) bond motifs is 3. The summed E-state index contributed by atoms with van der Waals surface area (Å²) in [5.41, 5.74) is 13.3. The van der Waals surface area contributed by atoms with Crippen LogP contribution >= 0.6 is 0 Å². The third-order valence-corrected chi connectivity index (χ3v) is 24.5. The fourth-order valence-corrected chi connectivity index (χ4v) is 17.8. The summed E-state index contributed by atoms with van der Waals surface area (Å²) in [7, 11) is -3.83. The molecule has 2 heteroatoms. The van der Waals surface area contributed by atoms with Crippen molar-refractivity contribution in [3.8, 4) is 22.9 Å². The van der Waals surface area contributed by atoms with Gasteiger partial charge in [-0.15, -0.1) is 11.1 Å². The minimum Gasteiger partial charge on any atom is -0.125 e. The Morgan fingerprint density at radius 3 is 1.10 bits per heavy atom. The van der Waals surface area contributed by atoms with Crippen LogP contribution in [-0.2, 0) is 0 Å². The highest BCUT2D eigenvalue weighted by atomic mass is 28.3. The zero-order valence-electron chi connectivity index (χ0n) is 35.0. The predicted molar refractivity (Wildman–Crippen MR) is 241 cm³/mol. The van der Waals surface area contributed by atoms with Gasteiger partial charge in [-0.3, -0.25) is 0 Å². The summed E-state index contributed by atoms with van der Waals surface area (Å²) >= 11 is 0. The van der Waals surface area contributed by atoms with Crippen LogP contribution in [0.5, 0.6) is 0 Å². The van der Waals surface area contributed by atoms with E-state index in [-0.39, 0.29) is 0 Å². The number of unbranched alkanes of at least 4 members (excludes halogenated alkanes) is 10. The van der Waals surface area contributed by atoms with Gasteiger partial charge in [0.15, 0.2) is 0 Å². The first-order chi connectivity index (χ1) is 25.0. The van der Waals surface area contributed by atoms with E-state index in [0.717, 1.165) is 0 Å². The Kier molecular flexibility index (Phi) is 16.2. The normalized spacial score (nSPS) is 12.3. The maximum Gasteiger partial charge on any atom is 0.143 e. The second-order valence-corrected chi connectivity index (χ2v) is 27.6. The van der Waals surface area contributed by atoms with E-state index in [9.17, 15) is 0 Å². The number of benzene rings is 4. The summed E-state index contributed by atoms with van der Waals surface area (Å²) in [6.45, 7) is 24.3. The Morgan fingerprint density at radius 1 is 0.423 bits per heavy atom. The number of hydrogen-bond acceptors (Lipinski definition) is 0. The van der Waals surface area contributed by atoms with E-state index in [0.29, 0.717) is 22.2 Å². The highest BCUT2D eigenvalue weighted by Gasteiger charge is 2.39. The van der Waals surface area contributed by atoms with Gasteiger partial charge in [-0.05, 0) is 78.7 Å². The van der Waals surface area contributed by atoms with Crippen LogP contribution in [0.2, 0.25) is 34.3 Å². The molecule has 0 spiro atoms. The Balaban J connectivity index is 1.93. The van der Waals surface area contributed by atoms with E-state index < -0.39 is 16.1 Å². The van der Waals surface area contributed by atoms with Crippen LogP contribution in [0.25, 0.3) is 32.3 Å². The third kappa shape index (κ3) is 9.84. The Morgan fingerprint density at radius 2 is 0.750 bits per heavy atom. The Hall–Kier alpha value is -2.79. The maximum atomic E-state index is 4.19. The average molecular weight is 729 g/mol. The molecular weight excluding hydrogens is 657 g/mol. The van der Waals surface area contributed by atoms with Gasteiger partial charge in [-0.1, -0.05) is 207 Å². The second kappa shape index (κ2) is 20.1. The lowest BCUT2D eigenvalue weighted by Gasteiger charge is -2.34. The van der Waals surface area contributed by atoms with E-state index in [1.807, 2.05) is 0 Å². The summed E-state index contributed by atoms with van der Waals surface area (Å²) in [5.74, 6) is 8.03. The molecule has 280 valence electrons. The van der Waals surface area contributed by atoms with E-state index in [1.54, 1.807) is 0 Å². The highest BCUT2D eigenvalue weighted by Crippen LogP contribution is 2.40. The minimum atomic E-state index is -1.92. The standard InChI is InChI=1S/C50H72Si2/c1-11-13-15-17-19-25-33-51(39(3)4,40(5)6)35-31-47-45-29-23-24-30-46(45)48(50-38-44-28-22-21-27-43(44)37-49(47)50)32-36-52(41(7)8,42(9)10)34-26-20-18-16-14-12-2/h21-24,27-30,37-42H,11-20,25-26,33-34H2,1-10H3. The van der Waals surface area contributed by atoms with Crippen molar-refractivity contribution >= 4 is 48.5 Å². The summed E-state index contributed by atoms with van der Waals surface area (Å²) in [5, 5.41) is 7.67. The van der Waals surface area contributed by atoms with Crippen LogP contribution < -0.4 is 0 Å². The van der Waals surface area contributed by atoms with E-state index in [1.165, 1.54) is 133 Å². The van der Waals surface area contributed by atoms with Crippen LogP contribution in [0.4, 0.5) is 0 Å². The molecule has 0 bridgehead atoms. The van der Waals surface area contributed by atoms with Crippen molar-refractivity contribution in [3.63, 3.8) is 0 Å². The van der Waals surface area contributed by atoms with Crippen LogP contribution in [-0.4, -0.2) is 16.1 Å². The average Bonchev–Trinajstić information content (AvgIpc) is 3.12. The minimum absolute atomic E-state index is 0.621. The molecule has 0 unspecified atom stereocenters. The molecule has 0 heterocycles. The molecule has 0 aromatic heterocycles. The smallest absolute Gasteiger partial charge is 0.125 e. The van der Waals surface area contributed by atoms with Gasteiger partial charge in [-0.2, -0.15) is 0 Å². The molecule has 0 aliphatic rings. The van der Waals surface area contributed by atoms with Crippen molar-refractivity contribution in [2.24, 2.45) is 0 Å². The van der Waals surface area contributed by atoms with Gasteiger partial charge in [0.05, 0.1) is 0 Å². The summed E-state index contributed by atoms with van der Waals surface area (Å²) in [6.07, 6.45) is 16.1. The molecule has 0 aliphatic heterocycles. The first kappa shape index (κ1) is 42.0. The van der Waals surface area contributed by atoms with Gasteiger partial charge in [0.1, 0.15) is 16.1 Å². The van der Waals surface area contributed by atoms with E-state index in [4.69, 9.17) is 0 Å². The van der Waals surface area contributed by atoms with Crippen molar-refractivity contribution in [1.82, 2.24) is 0 Å². The molecule has 0 amide bonds. The van der Waals surface area contributed by atoms with Crippen LogP contribution in [0, 0.1) is 22.9 Å². The monoisotopic (exact) mass is 729 g/mol. The van der Waals surface area contributed by atoms with Crippen molar-refractivity contribution in [2.45, 2.75) is 181 Å². The zero-order valence-corrected chi connectivity index (χ0v) is 37.0. The predicted octanol–water partition coefficient (Wildman–Crippen LogP) is 16.2. The quantitative estimate of drug-likeness (QED) is 0.0414. The number of hydrogen-bond donors (Lipinski definition) is 0. The molecular formula is C50H72Si2. The summed E-state index contributed by atoms with van der Waals surface area (Å²) < 4.78 is 0.